The van der Waals surface area contributed by atoms with Crippen LogP contribution in [0.3, 0.4) is 0 Å². The van der Waals surface area contributed by atoms with Gasteiger partial charge in [-0.05, 0) is 77.7 Å². The topological polar surface area (TPSA) is 47.6 Å². The third-order valence-corrected chi connectivity index (χ3v) is 4.43. The summed E-state index contributed by atoms with van der Waals surface area (Å²) in [4.78, 5) is 12.0. The molecule has 0 aliphatic carbocycles. The van der Waals surface area contributed by atoms with Crippen molar-refractivity contribution in [1.29, 1.82) is 0 Å². The van der Waals surface area contributed by atoms with Gasteiger partial charge in [0.2, 0.25) is 0 Å². The fourth-order valence-corrected chi connectivity index (χ4v) is 2.69. The van der Waals surface area contributed by atoms with E-state index in [1.807, 2.05) is 49.4 Å². The number of anilines is 1. The highest BCUT2D eigenvalue weighted by atomic mass is 79.9. The van der Waals surface area contributed by atoms with E-state index in [2.05, 4.69) is 35.1 Å². The monoisotopic (exact) mass is 405 g/mol. The van der Waals surface area contributed by atoms with E-state index in [9.17, 15) is 4.79 Å². The predicted octanol–water partition coefficient (Wildman–Crippen LogP) is 5.21. The van der Waals surface area contributed by atoms with E-state index in [1.54, 1.807) is 0 Å². The summed E-state index contributed by atoms with van der Waals surface area (Å²) < 4.78 is 12.1. The van der Waals surface area contributed by atoms with Crippen LogP contribution < -0.4 is 14.8 Å². The molecule has 0 aliphatic rings. The van der Waals surface area contributed by atoms with Gasteiger partial charge in [0, 0.05) is 5.69 Å². The van der Waals surface area contributed by atoms with Crippen LogP contribution in [0.4, 0.5) is 5.69 Å². The summed E-state index contributed by atoms with van der Waals surface area (Å²) in [6.07, 6.45) is 2.08. The Kier molecular flexibility index (Phi) is 7.31. The van der Waals surface area contributed by atoms with E-state index < -0.39 is 0 Å². The molecule has 4 nitrogen and oxygen atoms in total. The molecule has 134 valence electrons. The minimum absolute atomic E-state index is 0.0464. The Morgan fingerprint density at radius 3 is 2.48 bits per heavy atom. The van der Waals surface area contributed by atoms with Crippen LogP contribution in [0.15, 0.2) is 46.9 Å². The van der Waals surface area contributed by atoms with Crippen molar-refractivity contribution in [2.24, 2.45) is 0 Å². The van der Waals surface area contributed by atoms with Crippen molar-refractivity contribution in [3.8, 4) is 11.5 Å². The number of hydrogen-bond donors (Lipinski definition) is 1. The summed E-state index contributed by atoms with van der Waals surface area (Å²) in [7, 11) is 0. The van der Waals surface area contributed by atoms with Gasteiger partial charge in [-0.1, -0.05) is 19.9 Å². The van der Waals surface area contributed by atoms with Crippen LogP contribution in [0.1, 0.15) is 32.8 Å². The predicted molar refractivity (Wildman–Crippen MR) is 104 cm³/mol. The van der Waals surface area contributed by atoms with Crippen LogP contribution in [0.25, 0.3) is 0 Å². The maximum atomic E-state index is 12.0. The Hall–Kier alpha value is -2.01. The number of carbonyl (C=O) groups is 1. The molecule has 0 heterocycles. The molecule has 2 rings (SSSR count). The molecule has 0 saturated carbocycles. The average Bonchev–Trinajstić information content (AvgIpc) is 2.62. The van der Waals surface area contributed by atoms with Gasteiger partial charge < -0.3 is 14.8 Å². The van der Waals surface area contributed by atoms with Gasteiger partial charge in [0.1, 0.15) is 11.5 Å². The van der Waals surface area contributed by atoms with Gasteiger partial charge in [0.25, 0.3) is 5.91 Å². The van der Waals surface area contributed by atoms with Gasteiger partial charge in [-0.25, -0.2) is 0 Å². The van der Waals surface area contributed by atoms with Gasteiger partial charge >= 0.3 is 0 Å². The van der Waals surface area contributed by atoms with Crippen LogP contribution in [-0.2, 0) is 11.2 Å². The lowest BCUT2D eigenvalue weighted by Crippen LogP contribution is -2.20. The zero-order valence-electron chi connectivity index (χ0n) is 14.8. The normalized spacial score (nSPS) is 11.7. The lowest BCUT2D eigenvalue weighted by molar-refractivity contribution is -0.118. The summed E-state index contributed by atoms with van der Waals surface area (Å²) in [6.45, 7) is 6.15. The van der Waals surface area contributed by atoms with E-state index in [1.165, 1.54) is 5.56 Å². The SMILES string of the molecule is CCc1ccc(OCC(=O)Nc2ccc(OC(C)CC)cc2)c(Br)c1. The highest BCUT2D eigenvalue weighted by Gasteiger charge is 2.07. The van der Waals surface area contributed by atoms with Crippen molar-refractivity contribution >= 4 is 27.5 Å². The Bertz CT molecular complexity index is 701. The Labute approximate surface area is 157 Å². The molecule has 0 bridgehead atoms. The van der Waals surface area contributed by atoms with Crippen molar-refractivity contribution in [2.75, 3.05) is 11.9 Å². The lowest BCUT2D eigenvalue weighted by atomic mass is 10.2. The first kappa shape index (κ1) is 19.3. The fourth-order valence-electron chi connectivity index (χ4n) is 2.15. The Morgan fingerprint density at radius 2 is 1.88 bits per heavy atom. The molecule has 2 aromatic rings. The zero-order valence-corrected chi connectivity index (χ0v) is 16.4. The number of hydrogen-bond acceptors (Lipinski definition) is 3. The van der Waals surface area contributed by atoms with Crippen LogP contribution >= 0.6 is 15.9 Å². The third-order valence-electron chi connectivity index (χ3n) is 3.81. The molecule has 0 radical (unpaired) electrons. The van der Waals surface area contributed by atoms with Crippen LogP contribution in [0, 0.1) is 0 Å². The van der Waals surface area contributed by atoms with E-state index >= 15 is 0 Å². The number of aryl methyl sites for hydroxylation is 1. The summed E-state index contributed by atoms with van der Waals surface area (Å²) in [5, 5.41) is 2.81. The standard InChI is InChI=1S/C20H24BrNO3/c1-4-14(3)25-17-9-7-16(8-10-17)22-20(23)13-24-19-11-6-15(5-2)12-18(19)21/h6-12,14H,4-5,13H2,1-3H3,(H,22,23). The van der Waals surface area contributed by atoms with Crippen LogP contribution in [0.2, 0.25) is 0 Å². The minimum atomic E-state index is -0.206. The first-order valence-corrected chi connectivity index (χ1v) is 9.29. The molecule has 1 atom stereocenters. The second kappa shape index (κ2) is 9.47. The smallest absolute Gasteiger partial charge is 0.262 e. The molecule has 0 spiro atoms. The number of nitrogens with one attached hydrogen (secondary N) is 1. The van der Waals surface area contributed by atoms with Crippen molar-refractivity contribution in [2.45, 2.75) is 39.7 Å². The summed E-state index contributed by atoms with van der Waals surface area (Å²) in [5.41, 5.74) is 1.92. The average molecular weight is 406 g/mol. The molecule has 0 aromatic heterocycles. The maximum Gasteiger partial charge on any atom is 0.262 e. The molecule has 2 aromatic carbocycles. The van der Waals surface area contributed by atoms with Gasteiger partial charge in [0.05, 0.1) is 10.6 Å². The highest BCUT2D eigenvalue weighted by molar-refractivity contribution is 9.10. The second-order valence-electron chi connectivity index (χ2n) is 5.82. The summed E-state index contributed by atoms with van der Waals surface area (Å²) in [5.74, 6) is 1.25. The Morgan fingerprint density at radius 1 is 1.16 bits per heavy atom. The van der Waals surface area contributed by atoms with Crippen molar-refractivity contribution in [1.82, 2.24) is 0 Å². The van der Waals surface area contributed by atoms with Gasteiger partial charge in [0.15, 0.2) is 6.61 Å². The number of carbonyl (C=O) groups excluding carboxylic acids is 1. The van der Waals surface area contributed by atoms with Crippen molar-refractivity contribution < 1.29 is 14.3 Å². The van der Waals surface area contributed by atoms with Crippen molar-refractivity contribution in [3.63, 3.8) is 0 Å². The fraction of sp³-hybridized carbons (Fsp3) is 0.350. The third kappa shape index (κ3) is 6.09. The number of rotatable bonds is 8. The molecule has 1 amide bonds. The van der Waals surface area contributed by atoms with E-state index in [4.69, 9.17) is 9.47 Å². The molecule has 1 N–H and O–H groups in total. The second-order valence-corrected chi connectivity index (χ2v) is 6.67. The number of amides is 1. The number of ether oxygens (including phenoxy) is 2. The van der Waals surface area contributed by atoms with Gasteiger partial charge in [-0.15, -0.1) is 0 Å². The molecule has 1 unspecified atom stereocenters. The van der Waals surface area contributed by atoms with Crippen LogP contribution in [-0.4, -0.2) is 18.6 Å². The first-order valence-electron chi connectivity index (χ1n) is 8.49. The molecular formula is C20H24BrNO3. The molecule has 0 aliphatic heterocycles. The number of halogens is 1. The molecule has 5 heteroatoms. The van der Waals surface area contributed by atoms with E-state index in [-0.39, 0.29) is 18.6 Å². The lowest BCUT2D eigenvalue weighted by Gasteiger charge is -2.13. The highest BCUT2D eigenvalue weighted by Crippen LogP contribution is 2.26. The molecule has 0 fully saturated rings. The summed E-state index contributed by atoms with van der Waals surface area (Å²) >= 11 is 3.47. The largest absolute Gasteiger partial charge is 0.491 e. The van der Waals surface area contributed by atoms with E-state index in [0.29, 0.717) is 11.4 Å². The maximum absolute atomic E-state index is 12.0. The first-order chi connectivity index (χ1) is 12.0. The Balaban J connectivity index is 1.86. The molecule has 0 saturated heterocycles. The number of benzene rings is 2. The van der Waals surface area contributed by atoms with Crippen LogP contribution in [0.5, 0.6) is 11.5 Å². The van der Waals surface area contributed by atoms with E-state index in [0.717, 1.165) is 23.1 Å². The molecule has 25 heavy (non-hydrogen) atoms. The van der Waals surface area contributed by atoms with Crippen molar-refractivity contribution in [3.05, 3.63) is 52.5 Å². The van der Waals surface area contributed by atoms with Gasteiger partial charge in [-0.3, -0.25) is 4.79 Å². The zero-order chi connectivity index (χ0) is 18.2. The molecular weight excluding hydrogens is 382 g/mol. The van der Waals surface area contributed by atoms with Gasteiger partial charge in [-0.2, -0.15) is 0 Å². The summed E-state index contributed by atoms with van der Waals surface area (Å²) in [6, 6.07) is 13.2. The minimum Gasteiger partial charge on any atom is -0.491 e. The quantitative estimate of drug-likeness (QED) is 0.655.